The van der Waals surface area contributed by atoms with Crippen LogP contribution in [0.3, 0.4) is 0 Å². The second-order valence-corrected chi connectivity index (χ2v) is 6.38. The summed E-state index contributed by atoms with van der Waals surface area (Å²) in [5, 5.41) is 0. The number of carbonyl (C=O) groups excluding carboxylic acids is 2. The molecule has 0 aliphatic carbocycles. The Kier molecular flexibility index (Phi) is 12.4. The van der Waals surface area contributed by atoms with Crippen molar-refractivity contribution < 1.29 is 19.1 Å². The third kappa shape index (κ3) is 15.4. The summed E-state index contributed by atoms with van der Waals surface area (Å²) in [4.78, 5) is 26.7. The van der Waals surface area contributed by atoms with Crippen LogP contribution < -0.4 is 0 Å². The molecule has 7 heteroatoms. The minimum Gasteiger partial charge on any atom is -0.464 e. The summed E-state index contributed by atoms with van der Waals surface area (Å²) >= 11 is 1.57. The predicted octanol–water partition coefficient (Wildman–Crippen LogP) is 0.709. The maximum atomic E-state index is 11.4. The van der Waals surface area contributed by atoms with Gasteiger partial charge in [-0.25, -0.2) is 0 Å². The number of esters is 2. The molecule has 0 aliphatic rings. The van der Waals surface area contributed by atoms with Crippen LogP contribution in [0.2, 0.25) is 0 Å². The minimum absolute atomic E-state index is 0.182. The summed E-state index contributed by atoms with van der Waals surface area (Å²) < 4.78 is 10.1. The highest BCUT2D eigenvalue weighted by Gasteiger charge is 2.05. The van der Waals surface area contributed by atoms with Crippen LogP contribution in [0.4, 0.5) is 0 Å². The molecule has 0 unspecified atom stereocenters. The molecule has 0 radical (unpaired) electrons. The Balaban J connectivity index is 3.38. The van der Waals surface area contributed by atoms with Crippen LogP contribution in [0.15, 0.2) is 0 Å². The van der Waals surface area contributed by atoms with E-state index in [1.54, 1.807) is 11.8 Å². The summed E-state index contributed by atoms with van der Waals surface area (Å²) in [6.45, 7) is 2.32. The highest BCUT2D eigenvalue weighted by Crippen LogP contribution is 2.06. The predicted molar refractivity (Wildman–Crippen MR) is 85.6 cm³/mol. The van der Waals surface area contributed by atoms with Gasteiger partial charge in [-0.2, -0.15) is 11.8 Å². The Labute approximate surface area is 132 Å². The topological polar surface area (TPSA) is 59.1 Å². The van der Waals surface area contributed by atoms with Crippen molar-refractivity contribution in [1.29, 1.82) is 0 Å². The molecule has 0 amide bonds. The Hall–Kier alpha value is -0.790. The quantitative estimate of drug-likeness (QED) is 0.388. The second-order valence-electron chi connectivity index (χ2n) is 5.16. The standard InChI is InChI=1S/C14H28N2O4S/c1-15(2)7-9-19-13(17)5-11-21-12-6-14(18)20-10-8-16(3)4/h5-12H2,1-4H3. The molecule has 0 aliphatic heterocycles. The zero-order chi connectivity index (χ0) is 16.1. The first kappa shape index (κ1) is 20.2. The van der Waals surface area contributed by atoms with Gasteiger partial charge in [0.1, 0.15) is 13.2 Å². The summed E-state index contributed by atoms with van der Waals surface area (Å²) in [5.41, 5.74) is 0. The van der Waals surface area contributed by atoms with Gasteiger partial charge in [0.2, 0.25) is 0 Å². The fraction of sp³-hybridized carbons (Fsp3) is 0.857. The van der Waals surface area contributed by atoms with E-state index in [1.807, 2.05) is 38.0 Å². The SMILES string of the molecule is CN(C)CCOC(=O)CCSCCC(=O)OCCN(C)C. The molecule has 0 aromatic carbocycles. The van der Waals surface area contributed by atoms with Gasteiger partial charge < -0.3 is 19.3 Å². The number of nitrogens with zero attached hydrogens (tertiary/aromatic N) is 2. The first-order valence-corrected chi connectivity index (χ1v) is 8.25. The van der Waals surface area contributed by atoms with Gasteiger partial charge in [-0.1, -0.05) is 0 Å². The lowest BCUT2D eigenvalue weighted by molar-refractivity contribution is -0.144. The van der Waals surface area contributed by atoms with Crippen LogP contribution in [-0.2, 0) is 19.1 Å². The lowest BCUT2D eigenvalue weighted by Crippen LogP contribution is -2.20. The fourth-order valence-corrected chi connectivity index (χ4v) is 2.07. The van der Waals surface area contributed by atoms with Gasteiger partial charge in [0.25, 0.3) is 0 Å². The second kappa shape index (κ2) is 12.9. The third-order valence-corrected chi connectivity index (χ3v) is 3.49. The molecule has 0 bridgehead atoms. The molecule has 0 heterocycles. The van der Waals surface area contributed by atoms with Crippen LogP contribution in [0.1, 0.15) is 12.8 Å². The summed E-state index contributed by atoms with van der Waals surface area (Å²) in [7, 11) is 7.73. The monoisotopic (exact) mass is 320 g/mol. The van der Waals surface area contributed by atoms with Gasteiger partial charge in [0.15, 0.2) is 0 Å². The van der Waals surface area contributed by atoms with E-state index in [2.05, 4.69) is 0 Å². The highest BCUT2D eigenvalue weighted by atomic mass is 32.2. The number of hydrogen-bond donors (Lipinski definition) is 0. The van der Waals surface area contributed by atoms with Crippen LogP contribution in [0, 0.1) is 0 Å². The average Bonchev–Trinajstić information content (AvgIpc) is 2.37. The molecule has 0 spiro atoms. The number of hydrogen-bond acceptors (Lipinski definition) is 7. The van der Waals surface area contributed by atoms with Crippen molar-refractivity contribution in [3.8, 4) is 0 Å². The van der Waals surface area contributed by atoms with Gasteiger partial charge >= 0.3 is 11.9 Å². The normalized spacial score (nSPS) is 11.0. The number of rotatable bonds is 12. The maximum absolute atomic E-state index is 11.4. The molecule has 124 valence electrons. The molecule has 0 saturated heterocycles. The maximum Gasteiger partial charge on any atom is 0.306 e. The number of likely N-dealkylation sites (N-methyl/N-ethyl adjacent to an activating group) is 2. The fourth-order valence-electron chi connectivity index (χ4n) is 1.24. The molecule has 0 atom stereocenters. The number of thioether (sulfide) groups is 1. The molecule has 0 rings (SSSR count). The lowest BCUT2D eigenvalue weighted by Gasteiger charge is -2.10. The Morgan fingerprint density at radius 1 is 0.810 bits per heavy atom. The van der Waals surface area contributed by atoms with E-state index in [9.17, 15) is 9.59 Å². The van der Waals surface area contributed by atoms with E-state index in [0.29, 0.717) is 37.6 Å². The van der Waals surface area contributed by atoms with Crippen molar-refractivity contribution in [2.24, 2.45) is 0 Å². The molecular formula is C14H28N2O4S. The van der Waals surface area contributed by atoms with Crippen molar-refractivity contribution in [2.75, 3.05) is 66.0 Å². The van der Waals surface area contributed by atoms with E-state index < -0.39 is 0 Å². The van der Waals surface area contributed by atoms with Gasteiger partial charge in [0, 0.05) is 24.6 Å². The zero-order valence-corrected chi connectivity index (χ0v) is 14.4. The van der Waals surface area contributed by atoms with E-state index >= 15 is 0 Å². The van der Waals surface area contributed by atoms with Crippen molar-refractivity contribution in [2.45, 2.75) is 12.8 Å². The van der Waals surface area contributed by atoms with Crippen molar-refractivity contribution in [1.82, 2.24) is 9.80 Å². The van der Waals surface area contributed by atoms with Gasteiger partial charge in [-0.05, 0) is 28.2 Å². The molecule has 0 aromatic rings. The van der Waals surface area contributed by atoms with E-state index in [4.69, 9.17) is 9.47 Å². The molecule has 0 saturated carbocycles. The molecule has 21 heavy (non-hydrogen) atoms. The number of carbonyl (C=O) groups is 2. The highest BCUT2D eigenvalue weighted by molar-refractivity contribution is 7.99. The van der Waals surface area contributed by atoms with Crippen molar-refractivity contribution >= 4 is 23.7 Å². The largest absolute Gasteiger partial charge is 0.464 e. The molecule has 6 nitrogen and oxygen atoms in total. The lowest BCUT2D eigenvalue weighted by atomic mass is 10.5. The summed E-state index contributed by atoms with van der Waals surface area (Å²) in [6.07, 6.45) is 0.765. The molecular weight excluding hydrogens is 292 g/mol. The summed E-state index contributed by atoms with van der Waals surface area (Å²) in [6, 6.07) is 0. The molecule has 0 N–H and O–H groups in total. The first-order valence-electron chi connectivity index (χ1n) is 7.10. The molecule has 0 aromatic heterocycles. The van der Waals surface area contributed by atoms with Crippen LogP contribution in [-0.4, -0.2) is 87.7 Å². The Bertz CT molecular complexity index is 271. The van der Waals surface area contributed by atoms with Gasteiger partial charge in [-0.3, -0.25) is 9.59 Å². The zero-order valence-electron chi connectivity index (χ0n) is 13.6. The summed E-state index contributed by atoms with van der Waals surface area (Å²) in [5.74, 6) is 0.980. The Morgan fingerprint density at radius 3 is 1.52 bits per heavy atom. The van der Waals surface area contributed by atoms with E-state index in [1.165, 1.54) is 0 Å². The van der Waals surface area contributed by atoms with Crippen LogP contribution >= 0.6 is 11.8 Å². The van der Waals surface area contributed by atoms with E-state index in [-0.39, 0.29) is 11.9 Å². The Morgan fingerprint density at radius 2 is 1.19 bits per heavy atom. The minimum atomic E-state index is -0.182. The smallest absolute Gasteiger partial charge is 0.306 e. The first-order chi connectivity index (χ1) is 9.91. The third-order valence-electron chi connectivity index (χ3n) is 2.50. The van der Waals surface area contributed by atoms with Crippen molar-refractivity contribution in [3.05, 3.63) is 0 Å². The average molecular weight is 320 g/mol. The number of ether oxygens (including phenoxy) is 2. The van der Waals surface area contributed by atoms with Crippen LogP contribution in [0.25, 0.3) is 0 Å². The van der Waals surface area contributed by atoms with E-state index in [0.717, 1.165) is 13.1 Å². The van der Waals surface area contributed by atoms with Crippen LogP contribution in [0.5, 0.6) is 0 Å². The van der Waals surface area contributed by atoms with Crippen molar-refractivity contribution in [3.63, 3.8) is 0 Å². The molecule has 0 fully saturated rings. The van der Waals surface area contributed by atoms with Gasteiger partial charge in [0.05, 0.1) is 12.8 Å². The van der Waals surface area contributed by atoms with Gasteiger partial charge in [-0.15, -0.1) is 0 Å².